The molecule has 1 aromatic rings. The van der Waals surface area contributed by atoms with Crippen molar-refractivity contribution in [3.63, 3.8) is 0 Å². The Labute approximate surface area is 110 Å². The summed E-state index contributed by atoms with van der Waals surface area (Å²) in [4.78, 5) is 26.1. The normalized spacial score (nSPS) is 15.1. The van der Waals surface area contributed by atoms with Crippen LogP contribution in [0.5, 0.6) is 5.75 Å². The Balaban J connectivity index is 2.04. The molecule has 6 heteroatoms. The van der Waals surface area contributed by atoms with E-state index in [1.54, 1.807) is 7.11 Å². The fourth-order valence-electron chi connectivity index (χ4n) is 1.65. The molecular formula is C12H14N2O3S. The zero-order valence-corrected chi connectivity index (χ0v) is 11.1. The van der Waals surface area contributed by atoms with Gasteiger partial charge in [-0.15, -0.1) is 0 Å². The summed E-state index contributed by atoms with van der Waals surface area (Å²) in [5.74, 6) is 0.886. The first-order valence-electron chi connectivity index (χ1n) is 5.44. The van der Waals surface area contributed by atoms with Gasteiger partial charge in [-0.2, -0.15) is 0 Å². The van der Waals surface area contributed by atoms with Gasteiger partial charge in [0.1, 0.15) is 12.4 Å². The van der Waals surface area contributed by atoms with Crippen molar-refractivity contribution in [1.29, 1.82) is 0 Å². The molecule has 0 bridgehead atoms. The highest BCUT2D eigenvalue weighted by Gasteiger charge is 2.30. The van der Waals surface area contributed by atoms with E-state index in [4.69, 9.17) is 4.74 Å². The van der Waals surface area contributed by atoms with Gasteiger partial charge in [0.05, 0.1) is 12.9 Å². The van der Waals surface area contributed by atoms with Crippen LogP contribution in [0.3, 0.4) is 0 Å². The van der Waals surface area contributed by atoms with E-state index >= 15 is 0 Å². The minimum Gasteiger partial charge on any atom is -0.497 e. The number of ether oxygens (including phenoxy) is 1. The van der Waals surface area contributed by atoms with Gasteiger partial charge < -0.3 is 9.64 Å². The van der Waals surface area contributed by atoms with Crippen LogP contribution in [0.4, 0.5) is 10.5 Å². The lowest BCUT2D eigenvalue weighted by molar-refractivity contribution is -0.124. The summed E-state index contributed by atoms with van der Waals surface area (Å²) in [7, 11) is 3.45. The Morgan fingerprint density at radius 3 is 2.50 bits per heavy atom. The first-order chi connectivity index (χ1) is 8.61. The molecule has 2 rings (SSSR count). The van der Waals surface area contributed by atoms with Crippen LogP contribution < -0.4 is 9.64 Å². The van der Waals surface area contributed by atoms with Crippen molar-refractivity contribution in [2.75, 3.05) is 31.5 Å². The number of nitrogens with zero attached hydrogens (tertiary/aromatic N) is 2. The maximum Gasteiger partial charge on any atom is 0.290 e. The Morgan fingerprint density at radius 1 is 1.33 bits per heavy atom. The number of carbonyl (C=O) groups is 2. The molecule has 0 aromatic heterocycles. The van der Waals surface area contributed by atoms with Crippen LogP contribution in [0, 0.1) is 0 Å². The van der Waals surface area contributed by atoms with Crippen molar-refractivity contribution >= 4 is 28.6 Å². The van der Waals surface area contributed by atoms with E-state index in [1.807, 2.05) is 36.2 Å². The monoisotopic (exact) mass is 266 g/mol. The summed E-state index contributed by atoms with van der Waals surface area (Å²) in [5, 5.41) is -0.180. The lowest BCUT2D eigenvalue weighted by Gasteiger charge is -2.24. The van der Waals surface area contributed by atoms with Gasteiger partial charge in [0.2, 0.25) is 5.91 Å². The van der Waals surface area contributed by atoms with Crippen molar-refractivity contribution in [3.05, 3.63) is 24.3 Å². The molecule has 5 nitrogen and oxygen atoms in total. The molecular weight excluding hydrogens is 252 g/mol. The average Bonchev–Trinajstić information content (AvgIpc) is 2.70. The number of hydrogen-bond donors (Lipinski definition) is 0. The fourth-order valence-corrected chi connectivity index (χ4v) is 2.37. The van der Waals surface area contributed by atoms with E-state index in [9.17, 15) is 9.59 Å². The van der Waals surface area contributed by atoms with Crippen LogP contribution in [-0.2, 0) is 4.79 Å². The molecule has 0 saturated carbocycles. The van der Waals surface area contributed by atoms with Crippen molar-refractivity contribution in [2.24, 2.45) is 0 Å². The zero-order valence-electron chi connectivity index (χ0n) is 10.3. The molecule has 0 N–H and O–H groups in total. The van der Waals surface area contributed by atoms with E-state index in [-0.39, 0.29) is 23.6 Å². The van der Waals surface area contributed by atoms with Gasteiger partial charge in [-0.05, 0) is 24.3 Å². The molecule has 18 heavy (non-hydrogen) atoms. The Kier molecular flexibility index (Phi) is 3.76. The van der Waals surface area contributed by atoms with E-state index in [0.29, 0.717) is 0 Å². The summed E-state index contributed by atoms with van der Waals surface area (Å²) >= 11 is 1.05. The van der Waals surface area contributed by atoms with Crippen molar-refractivity contribution < 1.29 is 14.3 Å². The fraction of sp³-hybridized carbons (Fsp3) is 0.333. The largest absolute Gasteiger partial charge is 0.497 e. The van der Waals surface area contributed by atoms with Crippen LogP contribution in [0.1, 0.15) is 0 Å². The quantitative estimate of drug-likeness (QED) is 0.831. The highest BCUT2D eigenvalue weighted by Crippen LogP contribution is 2.22. The number of benzene rings is 1. The molecule has 0 aliphatic carbocycles. The molecule has 0 atom stereocenters. The molecule has 1 saturated heterocycles. The molecule has 0 radical (unpaired) electrons. The van der Waals surface area contributed by atoms with Gasteiger partial charge >= 0.3 is 0 Å². The molecule has 1 aliphatic rings. The Hall–Kier alpha value is -1.69. The van der Waals surface area contributed by atoms with E-state index in [2.05, 4.69) is 0 Å². The maximum atomic E-state index is 11.5. The predicted molar refractivity (Wildman–Crippen MR) is 71.0 cm³/mol. The van der Waals surface area contributed by atoms with E-state index in [0.717, 1.165) is 23.2 Å². The van der Waals surface area contributed by atoms with Gasteiger partial charge in [0.25, 0.3) is 5.24 Å². The van der Waals surface area contributed by atoms with Crippen LogP contribution in [0.15, 0.2) is 24.3 Å². The molecule has 1 aromatic carbocycles. The third-order valence-electron chi connectivity index (χ3n) is 2.71. The molecule has 1 aliphatic heterocycles. The van der Waals surface area contributed by atoms with Gasteiger partial charge in [0.15, 0.2) is 0 Å². The summed E-state index contributed by atoms with van der Waals surface area (Å²) in [6.45, 7) is 0.275. The predicted octanol–water partition coefficient (Wildman–Crippen LogP) is 1.78. The highest BCUT2D eigenvalue weighted by atomic mass is 32.2. The van der Waals surface area contributed by atoms with Gasteiger partial charge in [-0.25, -0.2) is 0 Å². The number of methoxy groups -OCH3 is 1. The smallest absolute Gasteiger partial charge is 0.290 e. The minimum atomic E-state index is -0.180. The second kappa shape index (κ2) is 5.30. The number of hydrogen-bond acceptors (Lipinski definition) is 5. The van der Waals surface area contributed by atoms with E-state index < -0.39 is 0 Å². The molecule has 0 spiro atoms. The van der Waals surface area contributed by atoms with Crippen molar-refractivity contribution in [1.82, 2.24) is 4.90 Å². The van der Waals surface area contributed by atoms with Crippen LogP contribution in [-0.4, -0.2) is 42.6 Å². The van der Waals surface area contributed by atoms with E-state index in [1.165, 1.54) is 4.90 Å². The third-order valence-corrected chi connectivity index (χ3v) is 3.57. The van der Waals surface area contributed by atoms with Gasteiger partial charge in [-0.3, -0.25) is 14.5 Å². The second-order valence-corrected chi connectivity index (χ2v) is 4.84. The first-order valence-corrected chi connectivity index (χ1v) is 6.42. The summed E-state index contributed by atoms with van der Waals surface area (Å²) < 4.78 is 5.08. The van der Waals surface area contributed by atoms with Gasteiger partial charge in [0, 0.05) is 12.7 Å². The Morgan fingerprint density at radius 2 is 2.00 bits per heavy atom. The molecule has 1 heterocycles. The average molecular weight is 266 g/mol. The number of rotatable bonds is 4. The van der Waals surface area contributed by atoms with Gasteiger partial charge in [-0.1, -0.05) is 11.8 Å². The SMILES string of the molecule is COc1ccc(N(C)CN2C(=O)CSC2=O)cc1. The molecule has 0 unspecified atom stereocenters. The minimum absolute atomic E-state index is 0.134. The lowest BCUT2D eigenvalue weighted by Crippen LogP contribution is -2.38. The van der Waals surface area contributed by atoms with Crippen molar-refractivity contribution in [3.8, 4) is 5.75 Å². The molecule has 96 valence electrons. The number of amides is 2. The number of anilines is 1. The number of carbonyl (C=O) groups excluding carboxylic acids is 2. The zero-order chi connectivity index (χ0) is 13.1. The summed E-state index contributed by atoms with van der Waals surface area (Å²) in [6, 6.07) is 7.45. The van der Waals surface area contributed by atoms with Crippen LogP contribution in [0.2, 0.25) is 0 Å². The van der Waals surface area contributed by atoms with Crippen molar-refractivity contribution in [2.45, 2.75) is 0 Å². The van der Waals surface area contributed by atoms with Crippen LogP contribution >= 0.6 is 11.8 Å². The highest BCUT2D eigenvalue weighted by molar-refractivity contribution is 8.14. The summed E-state index contributed by atoms with van der Waals surface area (Å²) in [5.41, 5.74) is 0.924. The molecule has 1 fully saturated rings. The summed E-state index contributed by atoms with van der Waals surface area (Å²) in [6.07, 6.45) is 0. The third kappa shape index (κ3) is 2.59. The standard InChI is InChI=1S/C12H14N2O3S/c1-13(8-14-11(15)7-18-12(14)16)9-3-5-10(17-2)6-4-9/h3-6H,7-8H2,1-2H3. The topological polar surface area (TPSA) is 49.9 Å². The molecule has 2 amide bonds. The second-order valence-electron chi connectivity index (χ2n) is 3.91. The first kappa shape index (κ1) is 12.8. The number of thioether (sulfide) groups is 1. The van der Waals surface area contributed by atoms with Crippen LogP contribution in [0.25, 0.3) is 0 Å². The number of imide groups is 1. The lowest BCUT2D eigenvalue weighted by atomic mass is 10.3. The maximum absolute atomic E-state index is 11.5. The Bertz CT molecular complexity index is 445.